The van der Waals surface area contributed by atoms with Gasteiger partial charge in [0.05, 0.1) is 11.8 Å². The van der Waals surface area contributed by atoms with E-state index in [-0.39, 0.29) is 5.91 Å². The standard InChI is InChI=1S/C30H35N3O2.C2H6/c1-24-14-16-26(17-15-24)23-28(34)33-20-18-30(19-21-33,27-12-6-3-7-13-27)29(31)32-35-22-8-11-25-9-4-2-5-10-25;1-2/h2-7,9-10,12-17H,8,11,18-23H2,1H3,(H2,31,32);1-2H3. The van der Waals surface area contributed by atoms with Crippen molar-refractivity contribution in [2.45, 2.75) is 58.3 Å². The summed E-state index contributed by atoms with van der Waals surface area (Å²) >= 11 is 0. The van der Waals surface area contributed by atoms with Crippen molar-refractivity contribution in [1.82, 2.24) is 4.90 Å². The summed E-state index contributed by atoms with van der Waals surface area (Å²) in [7, 11) is 0. The predicted molar refractivity (Wildman–Crippen MR) is 153 cm³/mol. The minimum atomic E-state index is -0.429. The van der Waals surface area contributed by atoms with Crippen LogP contribution >= 0.6 is 0 Å². The molecule has 0 unspecified atom stereocenters. The molecule has 0 radical (unpaired) electrons. The second kappa shape index (κ2) is 14.2. The molecule has 1 aliphatic rings. The first-order chi connectivity index (χ1) is 18.1. The summed E-state index contributed by atoms with van der Waals surface area (Å²) in [5, 5.41) is 4.36. The minimum Gasteiger partial charge on any atom is -0.394 e. The van der Waals surface area contributed by atoms with Crippen LogP contribution in [0.25, 0.3) is 0 Å². The molecule has 1 fully saturated rings. The van der Waals surface area contributed by atoms with Gasteiger partial charge in [-0.2, -0.15) is 0 Å². The fourth-order valence-corrected chi connectivity index (χ4v) is 4.77. The number of aryl methyl sites for hydroxylation is 2. The van der Waals surface area contributed by atoms with Gasteiger partial charge in [-0.1, -0.05) is 109 Å². The van der Waals surface area contributed by atoms with Gasteiger partial charge >= 0.3 is 0 Å². The van der Waals surface area contributed by atoms with Gasteiger partial charge in [0.2, 0.25) is 5.91 Å². The third kappa shape index (κ3) is 7.69. The van der Waals surface area contributed by atoms with E-state index in [1.54, 1.807) is 0 Å². The molecule has 2 N–H and O–H groups in total. The largest absolute Gasteiger partial charge is 0.394 e. The Morgan fingerprint density at radius 2 is 1.49 bits per heavy atom. The fraction of sp³-hybridized carbons (Fsp3) is 0.375. The van der Waals surface area contributed by atoms with Crippen LogP contribution in [0.4, 0.5) is 0 Å². The number of carbonyl (C=O) groups excluding carboxylic acids is 1. The lowest BCUT2D eigenvalue weighted by molar-refractivity contribution is -0.131. The molecule has 1 aliphatic heterocycles. The molecule has 0 spiro atoms. The number of amidine groups is 1. The number of hydrogen-bond acceptors (Lipinski definition) is 3. The van der Waals surface area contributed by atoms with E-state index in [9.17, 15) is 4.79 Å². The Kier molecular flexibility index (Phi) is 10.8. The van der Waals surface area contributed by atoms with E-state index in [4.69, 9.17) is 10.6 Å². The van der Waals surface area contributed by atoms with Gasteiger partial charge in [0, 0.05) is 13.1 Å². The lowest BCUT2D eigenvalue weighted by Gasteiger charge is -2.41. The summed E-state index contributed by atoms with van der Waals surface area (Å²) in [6, 6.07) is 28.8. The average molecular weight is 500 g/mol. The predicted octanol–water partition coefficient (Wildman–Crippen LogP) is 6.05. The van der Waals surface area contributed by atoms with Crippen molar-refractivity contribution < 1.29 is 9.63 Å². The number of oxime groups is 1. The molecule has 3 aromatic carbocycles. The fourth-order valence-electron chi connectivity index (χ4n) is 4.77. The molecule has 0 aliphatic carbocycles. The quantitative estimate of drug-likeness (QED) is 0.169. The van der Waals surface area contributed by atoms with Crippen molar-refractivity contribution in [2.75, 3.05) is 19.7 Å². The number of carbonyl (C=O) groups is 1. The van der Waals surface area contributed by atoms with Crippen LogP contribution < -0.4 is 5.73 Å². The van der Waals surface area contributed by atoms with Crippen molar-refractivity contribution in [3.8, 4) is 0 Å². The molecule has 0 bridgehead atoms. The molecule has 5 nitrogen and oxygen atoms in total. The van der Waals surface area contributed by atoms with Crippen molar-refractivity contribution >= 4 is 11.7 Å². The smallest absolute Gasteiger partial charge is 0.226 e. The number of nitrogens with zero attached hydrogens (tertiary/aromatic N) is 2. The molecule has 5 heteroatoms. The molecule has 0 atom stereocenters. The Morgan fingerprint density at radius 1 is 0.892 bits per heavy atom. The van der Waals surface area contributed by atoms with Gasteiger partial charge < -0.3 is 15.5 Å². The van der Waals surface area contributed by atoms with Crippen LogP contribution in [0, 0.1) is 6.92 Å². The summed E-state index contributed by atoms with van der Waals surface area (Å²) < 4.78 is 0. The summed E-state index contributed by atoms with van der Waals surface area (Å²) in [6.07, 6.45) is 3.68. The van der Waals surface area contributed by atoms with Crippen LogP contribution in [-0.2, 0) is 27.9 Å². The number of hydrogen-bond donors (Lipinski definition) is 1. The summed E-state index contributed by atoms with van der Waals surface area (Å²) in [5.41, 5.74) is 10.8. The number of nitrogens with two attached hydrogens (primary N) is 1. The lowest BCUT2D eigenvalue weighted by atomic mass is 9.71. The zero-order chi connectivity index (χ0) is 26.5. The van der Waals surface area contributed by atoms with Gasteiger partial charge in [0.1, 0.15) is 12.4 Å². The summed E-state index contributed by atoms with van der Waals surface area (Å²) in [4.78, 5) is 20.6. The van der Waals surface area contributed by atoms with Crippen LogP contribution in [0.2, 0.25) is 0 Å². The third-order valence-electron chi connectivity index (χ3n) is 6.97. The number of benzene rings is 3. The first-order valence-corrected chi connectivity index (χ1v) is 13.5. The van der Waals surface area contributed by atoms with E-state index in [2.05, 4.69) is 48.5 Å². The first-order valence-electron chi connectivity index (χ1n) is 13.5. The van der Waals surface area contributed by atoms with Crippen LogP contribution in [0.5, 0.6) is 0 Å². The number of rotatable bonds is 9. The second-order valence-corrected chi connectivity index (χ2v) is 9.39. The van der Waals surface area contributed by atoms with Crippen molar-refractivity contribution in [3.05, 3.63) is 107 Å². The SMILES string of the molecule is CC.Cc1ccc(CC(=O)N2CCC(/C(N)=N/OCCCc3ccccc3)(c3ccccc3)CC2)cc1. The average Bonchev–Trinajstić information content (AvgIpc) is 2.96. The van der Waals surface area contributed by atoms with Crippen LogP contribution in [0.3, 0.4) is 0 Å². The molecule has 0 saturated carbocycles. The van der Waals surface area contributed by atoms with Gasteiger partial charge in [0.15, 0.2) is 0 Å². The van der Waals surface area contributed by atoms with E-state index in [0.29, 0.717) is 32.0 Å². The summed E-state index contributed by atoms with van der Waals surface area (Å²) in [5.74, 6) is 0.650. The molecule has 1 saturated heterocycles. The number of piperidine rings is 1. The maximum atomic E-state index is 13.0. The van der Waals surface area contributed by atoms with E-state index < -0.39 is 5.41 Å². The maximum absolute atomic E-state index is 13.0. The van der Waals surface area contributed by atoms with Crippen LogP contribution in [0.1, 0.15) is 55.4 Å². The molecule has 196 valence electrons. The third-order valence-corrected chi connectivity index (χ3v) is 6.97. The maximum Gasteiger partial charge on any atom is 0.226 e. The van der Waals surface area contributed by atoms with Gasteiger partial charge in [-0.15, -0.1) is 0 Å². The van der Waals surface area contributed by atoms with Crippen molar-refractivity contribution in [2.24, 2.45) is 10.9 Å². The monoisotopic (exact) mass is 499 g/mol. The molecule has 0 aromatic heterocycles. The van der Waals surface area contributed by atoms with Gasteiger partial charge in [0.25, 0.3) is 0 Å². The Hall–Kier alpha value is -3.60. The molecule has 1 amide bonds. The zero-order valence-corrected chi connectivity index (χ0v) is 22.5. The van der Waals surface area contributed by atoms with Gasteiger partial charge in [-0.25, -0.2) is 0 Å². The van der Waals surface area contributed by atoms with Gasteiger partial charge in [-0.05, 0) is 49.3 Å². The Bertz CT molecular complexity index is 1100. The second-order valence-electron chi connectivity index (χ2n) is 9.39. The molecule has 1 heterocycles. The Balaban J connectivity index is 0.00000186. The summed E-state index contributed by atoms with van der Waals surface area (Å²) in [6.45, 7) is 7.85. The van der Waals surface area contributed by atoms with Crippen LogP contribution in [0.15, 0.2) is 90.1 Å². The molecular weight excluding hydrogens is 458 g/mol. The van der Waals surface area contributed by atoms with Crippen molar-refractivity contribution in [1.29, 1.82) is 0 Å². The van der Waals surface area contributed by atoms with E-state index in [1.807, 2.05) is 67.3 Å². The molecule has 3 aromatic rings. The van der Waals surface area contributed by atoms with E-state index >= 15 is 0 Å². The topological polar surface area (TPSA) is 67.9 Å². The zero-order valence-electron chi connectivity index (χ0n) is 22.5. The molecule has 4 rings (SSSR count). The highest BCUT2D eigenvalue weighted by atomic mass is 16.6. The molecular formula is C32H41N3O2. The minimum absolute atomic E-state index is 0.156. The molecule has 37 heavy (non-hydrogen) atoms. The van der Waals surface area contributed by atoms with Crippen LogP contribution in [-0.4, -0.2) is 36.3 Å². The highest BCUT2D eigenvalue weighted by Gasteiger charge is 2.41. The highest BCUT2D eigenvalue weighted by Crippen LogP contribution is 2.36. The number of amides is 1. The first kappa shape index (κ1) is 28.0. The van der Waals surface area contributed by atoms with Gasteiger partial charge in [-0.3, -0.25) is 4.79 Å². The normalized spacial score (nSPS) is 14.9. The van der Waals surface area contributed by atoms with E-state index in [0.717, 1.165) is 36.8 Å². The Labute approximate surface area is 222 Å². The van der Waals surface area contributed by atoms with Crippen molar-refractivity contribution in [3.63, 3.8) is 0 Å². The van der Waals surface area contributed by atoms with E-state index in [1.165, 1.54) is 11.1 Å². The Morgan fingerprint density at radius 3 is 2.11 bits per heavy atom. The lowest BCUT2D eigenvalue weighted by Crippen LogP contribution is -2.51. The highest BCUT2D eigenvalue weighted by molar-refractivity contribution is 5.92. The number of likely N-dealkylation sites (tertiary alicyclic amines) is 1.